The van der Waals surface area contributed by atoms with Gasteiger partial charge in [0.25, 0.3) is 0 Å². The van der Waals surface area contributed by atoms with E-state index >= 15 is 0 Å². The minimum atomic E-state index is -0.391. The molecule has 0 bridgehead atoms. The maximum absolute atomic E-state index is 10.2. The van der Waals surface area contributed by atoms with Crippen molar-refractivity contribution in [1.29, 1.82) is 0 Å². The number of aliphatic hydroxyl groups excluding tert-OH is 1. The Morgan fingerprint density at radius 1 is 1.28 bits per heavy atom. The van der Waals surface area contributed by atoms with Gasteiger partial charge in [0.05, 0.1) is 6.10 Å². The van der Waals surface area contributed by atoms with Gasteiger partial charge in [-0.25, -0.2) is 0 Å². The van der Waals surface area contributed by atoms with Gasteiger partial charge in [-0.05, 0) is 37.3 Å². The Morgan fingerprint density at radius 2 is 2.17 bits per heavy atom. The van der Waals surface area contributed by atoms with Crippen LogP contribution >= 0.6 is 15.9 Å². The second kappa shape index (κ2) is 5.06. The van der Waals surface area contributed by atoms with Gasteiger partial charge in [-0.2, -0.15) is 0 Å². The lowest BCUT2D eigenvalue weighted by atomic mass is 9.84. The summed E-state index contributed by atoms with van der Waals surface area (Å²) < 4.78 is 7.10. The molecule has 0 aromatic heterocycles. The van der Waals surface area contributed by atoms with Crippen LogP contribution in [-0.4, -0.2) is 11.2 Å². The fourth-order valence-electron chi connectivity index (χ4n) is 2.89. The van der Waals surface area contributed by atoms with Crippen LogP contribution in [0.25, 0.3) is 0 Å². The number of rotatable bonds is 1. The van der Waals surface area contributed by atoms with Crippen LogP contribution in [0, 0.1) is 5.92 Å². The molecule has 0 fully saturated rings. The number of fused-ring (bicyclic) bond motifs is 1. The van der Waals surface area contributed by atoms with Crippen molar-refractivity contribution >= 4 is 15.9 Å². The lowest BCUT2D eigenvalue weighted by molar-refractivity contribution is 0.0314. The molecule has 2 unspecified atom stereocenters. The number of ether oxygens (including phenoxy) is 1. The van der Waals surface area contributed by atoms with E-state index in [2.05, 4.69) is 28.1 Å². The van der Waals surface area contributed by atoms with Crippen molar-refractivity contribution in [3.8, 4) is 5.75 Å². The fraction of sp³-hybridized carbons (Fsp3) is 0.467. The second-order valence-corrected chi connectivity index (χ2v) is 6.05. The van der Waals surface area contributed by atoms with Crippen molar-refractivity contribution in [2.45, 2.75) is 37.9 Å². The van der Waals surface area contributed by atoms with Crippen LogP contribution in [0.3, 0.4) is 0 Å². The monoisotopic (exact) mass is 308 g/mol. The lowest BCUT2D eigenvalue weighted by Crippen LogP contribution is -2.33. The van der Waals surface area contributed by atoms with E-state index in [0.717, 1.165) is 35.0 Å². The van der Waals surface area contributed by atoms with Crippen molar-refractivity contribution in [1.82, 2.24) is 0 Å². The van der Waals surface area contributed by atoms with E-state index in [4.69, 9.17) is 4.74 Å². The number of benzene rings is 1. The van der Waals surface area contributed by atoms with Crippen LogP contribution in [0.2, 0.25) is 0 Å². The Bertz CT molecular complexity index is 470. The van der Waals surface area contributed by atoms with Crippen LogP contribution in [0.4, 0.5) is 0 Å². The number of aliphatic hydroxyl groups is 1. The standard InChI is InChI=1S/C15H17BrO2/c16-11-6-7-12-13(17)9-14(18-15(12)8-11)10-4-2-1-3-5-10/h1-2,6-8,10,13-14,17H,3-5,9H2/t10?,13-,14?/m0/s1. The van der Waals surface area contributed by atoms with Crippen molar-refractivity contribution in [3.05, 3.63) is 40.4 Å². The quantitative estimate of drug-likeness (QED) is 0.795. The van der Waals surface area contributed by atoms with Gasteiger partial charge in [0.2, 0.25) is 0 Å². The minimum absolute atomic E-state index is 0.145. The Kier molecular flexibility index (Phi) is 3.44. The molecule has 1 aliphatic carbocycles. The zero-order valence-electron chi connectivity index (χ0n) is 10.2. The highest BCUT2D eigenvalue weighted by molar-refractivity contribution is 9.10. The summed E-state index contributed by atoms with van der Waals surface area (Å²) >= 11 is 3.45. The molecule has 1 N–H and O–H groups in total. The molecule has 1 aliphatic heterocycles. The molecule has 96 valence electrons. The molecule has 3 heteroatoms. The van der Waals surface area contributed by atoms with E-state index in [9.17, 15) is 5.11 Å². The maximum atomic E-state index is 10.2. The predicted octanol–water partition coefficient (Wildman–Crippen LogP) is 3.99. The Balaban J connectivity index is 1.83. The molecular formula is C15H17BrO2. The number of hydrogen-bond donors (Lipinski definition) is 1. The first kappa shape index (κ1) is 12.2. The van der Waals surface area contributed by atoms with Crippen molar-refractivity contribution < 1.29 is 9.84 Å². The van der Waals surface area contributed by atoms with E-state index in [0.29, 0.717) is 12.3 Å². The Hall–Kier alpha value is -0.800. The van der Waals surface area contributed by atoms with Crippen LogP contribution in [0.1, 0.15) is 37.4 Å². The van der Waals surface area contributed by atoms with Crippen molar-refractivity contribution in [2.24, 2.45) is 5.92 Å². The molecule has 1 aromatic carbocycles. The molecule has 1 aromatic rings. The molecule has 2 aliphatic rings. The highest BCUT2D eigenvalue weighted by Gasteiger charge is 2.32. The van der Waals surface area contributed by atoms with Gasteiger partial charge in [-0.1, -0.05) is 34.1 Å². The SMILES string of the molecule is O[C@H]1CC(C2CC=CCC2)Oc2cc(Br)ccc21. The van der Waals surface area contributed by atoms with Gasteiger partial charge < -0.3 is 9.84 Å². The first-order valence-corrected chi connectivity index (χ1v) is 7.32. The molecular weight excluding hydrogens is 292 g/mol. The summed E-state index contributed by atoms with van der Waals surface area (Å²) in [6.45, 7) is 0. The summed E-state index contributed by atoms with van der Waals surface area (Å²) in [5, 5.41) is 10.2. The first-order valence-electron chi connectivity index (χ1n) is 6.53. The van der Waals surface area contributed by atoms with E-state index < -0.39 is 6.10 Å². The topological polar surface area (TPSA) is 29.5 Å². The molecule has 0 radical (unpaired) electrons. The minimum Gasteiger partial charge on any atom is -0.490 e. The largest absolute Gasteiger partial charge is 0.490 e. The molecule has 18 heavy (non-hydrogen) atoms. The summed E-state index contributed by atoms with van der Waals surface area (Å²) in [6.07, 6.45) is 8.31. The van der Waals surface area contributed by atoms with Gasteiger partial charge >= 0.3 is 0 Å². The average molecular weight is 309 g/mol. The van der Waals surface area contributed by atoms with E-state index in [1.165, 1.54) is 0 Å². The van der Waals surface area contributed by atoms with E-state index in [-0.39, 0.29) is 6.10 Å². The Labute approximate surface area is 116 Å². The highest BCUT2D eigenvalue weighted by Crippen LogP contribution is 2.40. The zero-order chi connectivity index (χ0) is 12.5. The lowest BCUT2D eigenvalue weighted by Gasteiger charge is -2.35. The number of halogens is 1. The third-order valence-corrected chi connectivity index (χ3v) is 4.40. The Morgan fingerprint density at radius 3 is 2.94 bits per heavy atom. The third-order valence-electron chi connectivity index (χ3n) is 3.90. The highest BCUT2D eigenvalue weighted by atomic mass is 79.9. The second-order valence-electron chi connectivity index (χ2n) is 5.13. The van der Waals surface area contributed by atoms with E-state index in [1.807, 2.05) is 18.2 Å². The first-order chi connectivity index (χ1) is 8.74. The number of hydrogen-bond acceptors (Lipinski definition) is 2. The molecule has 0 saturated heterocycles. The van der Waals surface area contributed by atoms with Crippen LogP contribution in [0.15, 0.2) is 34.8 Å². The summed E-state index contributed by atoms with van der Waals surface area (Å²) in [6, 6.07) is 5.86. The molecule has 0 amide bonds. The van der Waals surface area contributed by atoms with E-state index in [1.54, 1.807) is 0 Å². The predicted molar refractivity (Wildman–Crippen MR) is 74.6 cm³/mol. The summed E-state index contributed by atoms with van der Waals surface area (Å²) in [5.41, 5.74) is 0.917. The molecule has 2 nitrogen and oxygen atoms in total. The normalized spacial score (nSPS) is 30.7. The number of allylic oxidation sites excluding steroid dienone is 2. The van der Waals surface area contributed by atoms with Gasteiger partial charge in [-0.3, -0.25) is 0 Å². The van der Waals surface area contributed by atoms with Gasteiger partial charge in [0, 0.05) is 16.5 Å². The van der Waals surface area contributed by atoms with Crippen molar-refractivity contribution in [3.63, 3.8) is 0 Å². The van der Waals surface area contributed by atoms with Crippen LogP contribution in [0.5, 0.6) is 5.75 Å². The summed E-state index contributed by atoms with van der Waals surface area (Å²) in [4.78, 5) is 0. The molecule has 3 rings (SSSR count). The average Bonchev–Trinajstić information content (AvgIpc) is 2.39. The fourth-order valence-corrected chi connectivity index (χ4v) is 3.23. The molecule has 1 heterocycles. The molecule has 3 atom stereocenters. The molecule has 0 spiro atoms. The van der Waals surface area contributed by atoms with Gasteiger partial charge in [0.15, 0.2) is 0 Å². The maximum Gasteiger partial charge on any atom is 0.126 e. The smallest absolute Gasteiger partial charge is 0.126 e. The summed E-state index contributed by atoms with van der Waals surface area (Å²) in [7, 11) is 0. The van der Waals surface area contributed by atoms with Gasteiger partial charge in [0.1, 0.15) is 11.9 Å². The van der Waals surface area contributed by atoms with Crippen LogP contribution < -0.4 is 4.74 Å². The third kappa shape index (κ3) is 2.34. The molecule has 0 saturated carbocycles. The van der Waals surface area contributed by atoms with Gasteiger partial charge in [-0.15, -0.1) is 0 Å². The summed E-state index contributed by atoms with van der Waals surface area (Å²) in [5.74, 6) is 1.37. The van der Waals surface area contributed by atoms with Crippen molar-refractivity contribution in [2.75, 3.05) is 0 Å². The zero-order valence-corrected chi connectivity index (χ0v) is 11.8. The van der Waals surface area contributed by atoms with Crippen LogP contribution in [-0.2, 0) is 0 Å².